The van der Waals surface area contributed by atoms with Crippen molar-refractivity contribution in [3.8, 4) is 5.75 Å². The zero-order valence-electron chi connectivity index (χ0n) is 18.9. The molecule has 0 saturated carbocycles. The van der Waals surface area contributed by atoms with Crippen LogP contribution in [0.2, 0.25) is 0 Å². The number of nitrogens with zero attached hydrogens (tertiary/aromatic N) is 2. The average Bonchev–Trinajstić information content (AvgIpc) is 2.83. The van der Waals surface area contributed by atoms with E-state index in [2.05, 4.69) is 26.1 Å². The third kappa shape index (κ3) is 4.02. The van der Waals surface area contributed by atoms with Gasteiger partial charge in [-0.25, -0.2) is 4.79 Å². The molecule has 2 heterocycles. The minimum Gasteiger partial charge on any atom is -0.494 e. The smallest absolute Gasteiger partial charge is 0.325 e. The monoisotopic (exact) mass is 415 g/mol. The topological polar surface area (TPSA) is 79.0 Å². The molecule has 164 valence electrons. The number of fused-ring (bicyclic) bond motifs is 1. The molecule has 0 aliphatic carbocycles. The normalized spacial score (nSPS) is 22.0. The predicted octanol–water partition coefficient (Wildman–Crippen LogP) is 3.81. The van der Waals surface area contributed by atoms with Crippen LogP contribution >= 0.6 is 0 Å². The zero-order chi connectivity index (χ0) is 22.3. The summed E-state index contributed by atoms with van der Waals surface area (Å²) in [7, 11) is 0. The first kappa shape index (κ1) is 22.1. The van der Waals surface area contributed by atoms with Crippen LogP contribution < -0.4 is 15.0 Å². The summed E-state index contributed by atoms with van der Waals surface area (Å²) in [5, 5.41) is 2.67. The second-order valence-electron chi connectivity index (χ2n) is 9.42. The number of hydrogen-bond acceptors (Lipinski definition) is 4. The first-order valence-electron chi connectivity index (χ1n) is 10.7. The molecule has 7 nitrogen and oxygen atoms in total. The van der Waals surface area contributed by atoms with E-state index in [1.165, 1.54) is 4.90 Å². The molecule has 0 bridgehead atoms. The van der Waals surface area contributed by atoms with Gasteiger partial charge in [-0.2, -0.15) is 0 Å². The van der Waals surface area contributed by atoms with E-state index in [0.717, 1.165) is 23.4 Å². The number of benzene rings is 1. The molecule has 2 aliphatic heterocycles. The number of imide groups is 1. The highest BCUT2D eigenvalue weighted by molar-refractivity contribution is 6.06. The number of urea groups is 1. The zero-order valence-corrected chi connectivity index (χ0v) is 18.9. The summed E-state index contributed by atoms with van der Waals surface area (Å²) in [6, 6.07) is 5.52. The molecule has 3 rings (SSSR count). The molecule has 1 N–H and O–H groups in total. The van der Waals surface area contributed by atoms with E-state index < -0.39 is 11.6 Å². The molecule has 4 amide bonds. The number of amides is 4. The maximum atomic E-state index is 13.2. The second-order valence-corrected chi connectivity index (χ2v) is 9.42. The third-order valence-corrected chi connectivity index (χ3v) is 5.96. The van der Waals surface area contributed by atoms with E-state index in [1.807, 2.05) is 30.0 Å². The van der Waals surface area contributed by atoms with Crippen molar-refractivity contribution in [2.75, 3.05) is 18.1 Å². The van der Waals surface area contributed by atoms with Gasteiger partial charge in [0.1, 0.15) is 11.3 Å². The van der Waals surface area contributed by atoms with Crippen molar-refractivity contribution in [1.82, 2.24) is 10.2 Å². The number of rotatable bonds is 6. The summed E-state index contributed by atoms with van der Waals surface area (Å²) >= 11 is 0. The Morgan fingerprint density at radius 1 is 1.23 bits per heavy atom. The van der Waals surface area contributed by atoms with Gasteiger partial charge in [-0.05, 0) is 77.1 Å². The molecule has 1 saturated heterocycles. The molecule has 30 heavy (non-hydrogen) atoms. The van der Waals surface area contributed by atoms with Crippen LogP contribution in [0.3, 0.4) is 0 Å². The SMILES string of the molecule is CCOc1ccc2c(c1)[C@@H](C)CC(C)(C)N2C(=O)CCCN1C(=O)NC(C)(C)C1=O. The molecule has 2 aliphatic rings. The van der Waals surface area contributed by atoms with Gasteiger partial charge in [-0.1, -0.05) is 6.92 Å². The Hall–Kier alpha value is -2.57. The number of carbonyl (C=O) groups excluding carboxylic acids is 3. The average molecular weight is 416 g/mol. The van der Waals surface area contributed by atoms with Crippen molar-refractivity contribution in [2.24, 2.45) is 0 Å². The van der Waals surface area contributed by atoms with E-state index in [0.29, 0.717) is 18.9 Å². The fraction of sp³-hybridized carbons (Fsp3) is 0.609. The van der Waals surface area contributed by atoms with Crippen LogP contribution in [-0.4, -0.2) is 47.0 Å². The Morgan fingerprint density at radius 3 is 2.53 bits per heavy atom. The van der Waals surface area contributed by atoms with Crippen LogP contribution in [0.5, 0.6) is 5.75 Å². The van der Waals surface area contributed by atoms with E-state index >= 15 is 0 Å². The van der Waals surface area contributed by atoms with Crippen molar-refractivity contribution in [2.45, 2.75) is 77.8 Å². The molecule has 0 spiro atoms. The highest BCUT2D eigenvalue weighted by Gasteiger charge is 2.44. The van der Waals surface area contributed by atoms with E-state index in [4.69, 9.17) is 4.74 Å². The largest absolute Gasteiger partial charge is 0.494 e. The number of anilines is 1. The molecular formula is C23H33N3O4. The first-order chi connectivity index (χ1) is 14.0. The minimum atomic E-state index is -0.886. The van der Waals surface area contributed by atoms with E-state index in [-0.39, 0.29) is 30.3 Å². The standard InChI is InChI=1S/C23H33N3O4/c1-7-30-16-10-11-18-17(13-16)15(2)14-22(3,4)26(18)19(27)9-8-12-25-20(28)23(5,6)24-21(25)29/h10-11,13,15H,7-9,12,14H2,1-6H3,(H,24,29)/t15-/m0/s1. The van der Waals surface area contributed by atoms with Gasteiger partial charge in [0, 0.05) is 24.2 Å². The lowest BCUT2D eigenvalue weighted by Gasteiger charge is -2.46. The molecule has 0 aromatic heterocycles. The van der Waals surface area contributed by atoms with E-state index in [1.54, 1.807) is 13.8 Å². The van der Waals surface area contributed by atoms with E-state index in [9.17, 15) is 14.4 Å². The summed E-state index contributed by atoms with van der Waals surface area (Å²) in [4.78, 5) is 40.7. The lowest BCUT2D eigenvalue weighted by Crippen LogP contribution is -2.51. The highest BCUT2D eigenvalue weighted by atomic mass is 16.5. The minimum absolute atomic E-state index is 0.00336. The van der Waals surface area contributed by atoms with Crippen LogP contribution in [0.25, 0.3) is 0 Å². The molecule has 1 atom stereocenters. The van der Waals surface area contributed by atoms with Crippen LogP contribution in [-0.2, 0) is 9.59 Å². The van der Waals surface area contributed by atoms with Gasteiger partial charge in [0.05, 0.1) is 6.61 Å². The Balaban J connectivity index is 1.74. The third-order valence-electron chi connectivity index (χ3n) is 5.96. The van der Waals surface area contributed by atoms with Crippen molar-refractivity contribution >= 4 is 23.5 Å². The molecule has 1 aromatic rings. The lowest BCUT2D eigenvalue weighted by atomic mass is 9.79. The molecule has 0 unspecified atom stereocenters. The molecule has 7 heteroatoms. The number of carbonyl (C=O) groups is 3. The Morgan fingerprint density at radius 2 is 1.93 bits per heavy atom. The van der Waals surface area contributed by atoms with Gasteiger partial charge in [0.25, 0.3) is 5.91 Å². The molecule has 1 fully saturated rings. The molecule has 1 aromatic carbocycles. The molecular weight excluding hydrogens is 382 g/mol. The quantitative estimate of drug-likeness (QED) is 0.717. The summed E-state index contributed by atoms with van der Waals surface area (Å²) in [6.45, 7) is 12.5. The first-order valence-corrected chi connectivity index (χ1v) is 10.7. The van der Waals surface area contributed by atoms with Crippen molar-refractivity contribution in [3.05, 3.63) is 23.8 Å². The highest BCUT2D eigenvalue weighted by Crippen LogP contribution is 2.45. The number of ether oxygens (including phenoxy) is 1. The summed E-state index contributed by atoms with van der Waals surface area (Å²) in [5.41, 5.74) is 0.829. The Labute approximate surface area is 178 Å². The summed E-state index contributed by atoms with van der Waals surface area (Å²) < 4.78 is 5.65. The maximum absolute atomic E-state index is 13.2. The van der Waals surface area contributed by atoms with Gasteiger partial charge in [0.2, 0.25) is 5.91 Å². The second kappa shape index (κ2) is 7.93. The fourth-order valence-electron chi connectivity index (χ4n) is 4.66. The Bertz CT molecular complexity index is 862. The van der Waals surface area contributed by atoms with Gasteiger partial charge in [0.15, 0.2) is 0 Å². The summed E-state index contributed by atoms with van der Waals surface area (Å²) in [5.74, 6) is 0.883. The predicted molar refractivity (Wildman–Crippen MR) is 116 cm³/mol. The molecule has 0 radical (unpaired) electrons. The van der Waals surface area contributed by atoms with Crippen LogP contribution in [0.15, 0.2) is 18.2 Å². The summed E-state index contributed by atoms with van der Waals surface area (Å²) in [6.07, 6.45) is 1.55. The van der Waals surface area contributed by atoms with Crippen LogP contribution in [0, 0.1) is 0 Å². The van der Waals surface area contributed by atoms with Crippen LogP contribution in [0.4, 0.5) is 10.5 Å². The fourth-order valence-corrected chi connectivity index (χ4v) is 4.66. The van der Waals surface area contributed by atoms with Gasteiger partial charge in [-0.15, -0.1) is 0 Å². The van der Waals surface area contributed by atoms with Gasteiger partial charge < -0.3 is 15.0 Å². The van der Waals surface area contributed by atoms with Crippen molar-refractivity contribution in [3.63, 3.8) is 0 Å². The van der Waals surface area contributed by atoms with Gasteiger partial charge in [-0.3, -0.25) is 14.5 Å². The van der Waals surface area contributed by atoms with Crippen molar-refractivity contribution < 1.29 is 19.1 Å². The van der Waals surface area contributed by atoms with Gasteiger partial charge >= 0.3 is 6.03 Å². The Kier molecular flexibility index (Phi) is 5.85. The van der Waals surface area contributed by atoms with Crippen molar-refractivity contribution in [1.29, 1.82) is 0 Å². The maximum Gasteiger partial charge on any atom is 0.325 e. The number of hydrogen-bond donors (Lipinski definition) is 1. The van der Waals surface area contributed by atoms with Crippen LogP contribution in [0.1, 0.15) is 72.3 Å². The number of nitrogens with one attached hydrogen (secondary N) is 1. The lowest BCUT2D eigenvalue weighted by molar-refractivity contribution is -0.130.